The van der Waals surface area contributed by atoms with Crippen LogP contribution in [0.3, 0.4) is 0 Å². The summed E-state index contributed by atoms with van der Waals surface area (Å²) in [6, 6.07) is 7.98. The molecule has 1 fully saturated rings. The van der Waals surface area contributed by atoms with E-state index in [2.05, 4.69) is 30.5 Å². The summed E-state index contributed by atoms with van der Waals surface area (Å²) in [4.78, 5) is 12.2. The number of nitrogens with one attached hydrogen (secondary N) is 2. The van der Waals surface area contributed by atoms with Crippen molar-refractivity contribution in [3.8, 4) is 5.75 Å². The van der Waals surface area contributed by atoms with E-state index in [1.54, 1.807) is 7.11 Å². The van der Waals surface area contributed by atoms with Crippen LogP contribution < -0.4 is 15.4 Å². The number of methoxy groups -OCH3 is 1. The van der Waals surface area contributed by atoms with Gasteiger partial charge in [-0.25, -0.2) is 0 Å². The summed E-state index contributed by atoms with van der Waals surface area (Å²) >= 11 is 0. The summed E-state index contributed by atoms with van der Waals surface area (Å²) in [6.45, 7) is 6.27. The average molecular weight is 341 g/mol. The summed E-state index contributed by atoms with van der Waals surface area (Å²) in [7, 11) is 1.68. The van der Waals surface area contributed by atoms with Gasteiger partial charge in [-0.15, -0.1) is 12.4 Å². The minimum atomic E-state index is -0.278. The first-order valence-electron chi connectivity index (χ1n) is 8.14. The number of rotatable bonds is 7. The van der Waals surface area contributed by atoms with Crippen LogP contribution in [0.25, 0.3) is 0 Å². The summed E-state index contributed by atoms with van der Waals surface area (Å²) in [6.07, 6.45) is 3.54. The predicted octanol–water partition coefficient (Wildman–Crippen LogP) is 2.94. The molecule has 5 heteroatoms. The highest BCUT2D eigenvalue weighted by Gasteiger charge is 2.23. The Bertz CT molecular complexity index is 500. The highest BCUT2D eigenvalue weighted by molar-refractivity contribution is 5.85. The van der Waals surface area contributed by atoms with Crippen LogP contribution in [-0.4, -0.2) is 31.6 Å². The lowest BCUT2D eigenvalue weighted by Gasteiger charge is -2.27. The Morgan fingerprint density at radius 1 is 1.39 bits per heavy atom. The molecule has 1 saturated heterocycles. The number of carbonyl (C=O) groups is 1. The third-order valence-corrected chi connectivity index (χ3v) is 4.24. The van der Waals surface area contributed by atoms with Crippen LogP contribution in [0.15, 0.2) is 24.3 Å². The smallest absolute Gasteiger partial charge is 0.220 e. The lowest BCUT2D eigenvalue weighted by Crippen LogP contribution is -2.45. The molecule has 1 aromatic carbocycles. The van der Waals surface area contributed by atoms with Crippen LogP contribution in [0.2, 0.25) is 0 Å². The van der Waals surface area contributed by atoms with Gasteiger partial charge in [0.15, 0.2) is 0 Å². The minimum absolute atomic E-state index is 0. The van der Waals surface area contributed by atoms with Crippen molar-refractivity contribution in [3.05, 3.63) is 29.8 Å². The molecule has 1 amide bonds. The lowest BCUT2D eigenvalue weighted by molar-refractivity contribution is -0.122. The van der Waals surface area contributed by atoms with Crippen molar-refractivity contribution < 1.29 is 9.53 Å². The van der Waals surface area contributed by atoms with E-state index < -0.39 is 0 Å². The van der Waals surface area contributed by atoms with E-state index in [0.717, 1.165) is 37.2 Å². The molecule has 1 aromatic rings. The number of benzene rings is 1. The van der Waals surface area contributed by atoms with Crippen molar-refractivity contribution >= 4 is 18.3 Å². The number of carbonyl (C=O) groups excluding carboxylic acids is 1. The summed E-state index contributed by atoms with van der Waals surface area (Å²) < 4.78 is 5.39. The molecule has 130 valence electrons. The second-order valence-electron chi connectivity index (χ2n) is 6.82. The number of hydrogen-bond acceptors (Lipinski definition) is 3. The molecule has 0 aliphatic carbocycles. The van der Waals surface area contributed by atoms with Gasteiger partial charge in [-0.2, -0.15) is 0 Å². The Morgan fingerprint density at radius 3 is 2.78 bits per heavy atom. The van der Waals surface area contributed by atoms with Crippen molar-refractivity contribution in [3.63, 3.8) is 0 Å². The average Bonchev–Trinajstić information content (AvgIpc) is 2.98. The quantitative estimate of drug-likeness (QED) is 0.802. The van der Waals surface area contributed by atoms with Gasteiger partial charge in [0.05, 0.1) is 7.11 Å². The van der Waals surface area contributed by atoms with Gasteiger partial charge >= 0.3 is 0 Å². The molecule has 1 unspecified atom stereocenters. The maximum Gasteiger partial charge on any atom is 0.220 e. The van der Waals surface area contributed by atoms with Crippen LogP contribution in [0.4, 0.5) is 0 Å². The molecule has 0 spiro atoms. The largest absolute Gasteiger partial charge is 0.496 e. The number of ether oxygens (including phenoxy) is 1. The van der Waals surface area contributed by atoms with E-state index in [9.17, 15) is 4.79 Å². The monoisotopic (exact) mass is 340 g/mol. The van der Waals surface area contributed by atoms with Crippen molar-refractivity contribution in [1.29, 1.82) is 0 Å². The van der Waals surface area contributed by atoms with Gasteiger partial charge < -0.3 is 15.4 Å². The standard InChI is InChI=1S/C18H28N2O2.ClH/c1-18(2,12-15-6-4-5-7-16(15)22-3)20-17(21)9-8-14-10-11-19-13-14;/h4-7,14,19H,8-13H2,1-3H3,(H,20,21);1H. The van der Waals surface area contributed by atoms with Crippen molar-refractivity contribution in [1.82, 2.24) is 10.6 Å². The molecule has 1 aliphatic heterocycles. The molecular weight excluding hydrogens is 312 g/mol. The first-order valence-corrected chi connectivity index (χ1v) is 8.14. The number of para-hydroxylation sites is 1. The van der Waals surface area contributed by atoms with Crippen molar-refractivity contribution in [2.45, 2.75) is 45.1 Å². The van der Waals surface area contributed by atoms with E-state index in [-0.39, 0.29) is 23.9 Å². The zero-order valence-electron chi connectivity index (χ0n) is 14.4. The molecule has 1 atom stereocenters. The summed E-state index contributed by atoms with van der Waals surface area (Å²) in [5.74, 6) is 1.68. The van der Waals surface area contributed by atoms with E-state index in [0.29, 0.717) is 12.3 Å². The Hall–Kier alpha value is -1.26. The zero-order valence-corrected chi connectivity index (χ0v) is 15.2. The molecular formula is C18H29ClN2O2. The maximum atomic E-state index is 12.2. The van der Waals surface area contributed by atoms with E-state index >= 15 is 0 Å². The Labute approximate surface area is 145 Å². The SMILES string of the molecule is COc1ccccc1CC(C)(C)NC(=O)CCC1CCNC1.Cl. The Kier molecular flexibility index (Phi) is 7.86. The second kappa shape index (κ2) is 9.14. The topological polar surface area (TPSA) is 50.4 Å². The van der Waals surface area contributed by atoms with E-state index in [4.69, 9.17) is 4.74 Å². The molecule has 4 nitrogen and oxygen atoms in total. The molecule has 1 heterocycles. The molecule has 1 aliphatic rings. The van der Waals surface area contributed by atoms with E-state index in [1.807, 2.05) is 18.2 Å². The van der Waals surface area contributed by atoms with Gasteiger partial charge in [0.25, 0.3) is 0 Å². The van der Waals surface area contributed by atoms with E-state index in [1.165, 1.54) is 6.42 Å². The molecule has 0 saturated carbocycles. The number of hydrogen-bond donors (Lipinski definition) is 2. The number of halogens is 1. The first-order chi connectivity index (χ1) is 10.5. The number of amides is 1. The lowest BCUT2D eigenvalue weighted by atomic mass is 9.93. The third-order valence-electron chi connectivity index (χ3n) is 4.24. The van der Waals surface area contributed by atoms with Crippen LogP contribution in [0, 0.1) is 5.92 Å². The molecule has 23 heavy (non-hydrogen) atoms. The fourth-order valence-corrected chi connectivity index (χ4v) is 3.11. The molecule has 0 bridgehead atoms. The molecule has 2 N–H and O–H groups in total. The van der Waals surface area contributed by atoms with Crippen molar-refractivity contribution in [2.75, 3.05) is 20.2 Å². The molecule has 0 radical (unpaired) electrons. The van der Waals surface area contributed by atoms with Gasteiger partial charge in [0.1, 0.15) is 5.75 Å². The van der Waals surface area contributed by atoms with Gasteiger partial charge in [-0.3, -0.25) is 4.79 Å². The predicted molar refractivity (Wildman–Crippen MR) is 96.4 cm³/mol. The normalized spacial score (nSPS) is 17.4. The Morgan fingerprint density at radius 2 is 2.13 bits per heavy atom. The molecule has 0 aromatic heterocycles. The maximum absolute atomic E-state index is 12.2. The highest BCUT2D eigenvalue weighted by Crippen LogP contribution is 2.23. The van der Waals surface area contributed by atoms with Crippen LogP contribution in [0.1, 0.15) is 38.7 Å². The summed E-state index contributed by atoms with van der Waals surface area (Å²) in [5, 5.41) is 6.51. The van der Waals surface area contributed by atoms with Gasteiger partial charge in [-0.1, -0.05) is 18.2 Å². The van der Waals surface area contributed by atoms with Gasteiger partial charge in [-0.05, 0) is 63.7 Å². The first kappa shape index (κ1) is 19.8. The summed E-state index contributed by atoms with van der Waals surface area (Å²) in [5.41, 5.74) is 0.843. The van der Waals surface area contributed by atoms with Crippen LogP contribution >= 0.6 is 12.4 Å². The molecule has 2 rings (SSSR count). The zero-order chi connectivity index (χ0) is 16.0. The fourth-order valence-electron chi connectivity index (χ4n) is 3.11. The fraction of sp³-hybridized carbons (Fsp3) is 0.611. The highest BCUT2D eigenvalue weighted by atomic mass is 35.5. The van der Waals surface area contributed by atoms with Gasteiger partial charge in [0.2, 0.25) is 5.91 Å². The van der Waals surface area contributed by atoms with Crippen LogP contribution in [0.5, 0.6) is 5.75 Å². The third kappa shape index (κ3) is 6.40. The second-order valence-corrected chi connectivity index (χ2v) is 6.82. The van der Waals surface area contributed by atoms with Gasteiger partial charge in [0, 0.05) is 12.0 Å². The van der Waals surface area contributed by atoms with Crippen LogP contribution in [-0.2, 0) is 11.2 Å². The Balaban J connectivity index is 0.00000264. The minimum Gasteiger partial charge on any atom is -0.496 e. The van der Waals surface area contributed by atoms with Crippen molar-refractivity contribution in [2.24, 2.45) is 5.92 Å².